The van der Waals surface area contributed by atoms with Crippen molar-refractivity contribution in [3.63, 3.8) is 0 Å². The predicted molar refractivity (Wildman–Crippen MR) is 59.3 cm³/mol. The van der Waals surface area contributed by atoms with Crippen LogP contribution in [0.5, 0.6) is 0 Å². The van der Waals surface area contributed by atoms with Crippen molar-refractivity contribution in [2.45, 2.75) is 6.42 Å². The van der Waals surface area contributed by atoms with Crippen LogP contribution in [0.1, 0.15) is 5.56 Å². The number of nitrogens with two attached hydrogens (primary N) is 1. The summed E-state index contributed by atoms with van der Waals surface area (Å²) >= 11 is 1.75. The standard InChI is InChI=1S/C10H13N3S/c1-13-7-9(6-12-13)10-8(2-4-11)3-5-14-10/h3,5-7H,2,4,11H2,1H3. The SMILES string of the molecule is Cn1cc(-c2sccc2CCN)cn1. The van der Waals surface area contributed by atoms with E-state index in [4.69, 9.17) is 5.73 Å². The van der Waals surface area contributed by atoms with Crippen LogP contribution in [-0.2, 0) is 13.5 Å². The van der Waals surface area contributed by atoms with Crippen LogP contribution in [0, 0.1) is 0 Å². The maximum Gasteiger partial charge on any atom is 0.0576 e. The fraction of sp³-hybridized carbons (Fsp3) is 0.300. The predicted octanol–water partition coefficient (Wildman–Crippen LogP) is 1.65. The lowest BCUT2D eigenvalue weighted by Crippen LogP contribution is -2.02. The fourth-order valence-electron chi connectivity index (χ4n) is 1.48. The summed E-state index contributed by atoms with van der Waals surface area (Å²) in [5.74, 6) is 0. The van der Waals surface area contributed by atoms with Gasteiger partial charge < -0.3 is 5.73 Å². The molecule has 2 N–H and O–H groups in total. The minimum atomic E-state index is 0.698. The van der Waals surface area contributed by atoms with Crippen LogP contribution in [0.2, 0.25) is 0 Å². The average Bonchev–Trinajstić information content (AvgIpc) is 2.74. The van der Waals surface area contributed by atoms with Gasteiger partial charge in [-0.15, -0.1) is 11.3 Å². The number of rotatable bonds is 3. The first-order chi connectivity index (χ1) is 6.81. The second-order valence-corrected chi connectivity index (χ2v) is 4.13. The van der Waals surface area contributed by atoms with E-state index in [0.29, 0.717) is 6.54 Å². The van der Waals surface area contributed by atoms with Crippen molar-refractivity contribution in [2.75, 3.05) is 6.54 Å². The molecule has 2 heterocycles. The summed E-state index contributed by atoms with van der Waals surface area (Å²) in [5.41, 5.74) is 8.07. The highest BCUT2D eigenvalue weighted by molar-refractivity contribution is 7.13. The molecule has 14 heavy (non-hydrogen) atoms. The van der Waals surface area contributed by atoms with Crippen molar-refractivity contribution in [1.82, 2.24) is 9.78 Å². The van der Waals surface area contributed by atoms with Crippen molar-refractivity contribution in [3.05, 3.63) is 29.4 Å². The fourth-order valence-corrected chi connectivity index (χ4v) is 2.41. The van der Waals surface area contributed by atoms with Crippen molar-refractivity contribution in [3.8, 4) is 10.4 Å². The molecule has 2 aromatic heterocycles. The van der Waals surface area contributed by atoms with E-state index in [0.717, 1.165) is 6.42 Å². The van der Waals surface area contributed by atoms with Crippen molar-refractivity contribution >= 4 is 11.3 Å². The largest absolute Gasteiger partial charge is 0.330 e. The highest BCUT2D eigenvalue weighted by Gasteiger charge is 2.07. The Morgan fingerprint density at radius 1 is 1.57 bits per heavy atom. The first-order valence-electron chi connectivity index (χ1n) is 4.56. The van der Waals surface area contributed by atoms with Gasteiger partial charge in [-0.25, -0.2) is 0 Å². The first kappa shape index (κ1) is 9.43. The molecule has 0 radical (unpaired) electrons. The third-order valence-corrected chi connectivity index (χ3v) is 3.13. The molecule has 3 nitrogen and oxygen atoms in total. The summed E-state index contributed by atoms with van der Waals surface area (Å²) in [7, 11) is 1.93. The van der Waals surface area contributed by atoms with Crippen molar-refractivity contribution < 1.29 is 0 Å². The van der Waals surface area contributed by atoms with Crippen LogP contribution < -0.4 is 5.73 Å². The first-order valence-corrected chi connectivity index (χ1v) is 5.44. The molecule has 0 saturated heterocycles. The Bertz CT molecular complexity index is 416. The summed E-state index contributed by atoms with van der Waals surface area (Å²) in [6.07, 6.45) is 4.87. The number of hydrogen-bond donors (Lipinski definition) is 1. The molecule has 0 aliphatic heterocycles. The highest BCUT2D eigenvalue weighted by Crippen LogP contribution is 2.29. The molecule has 0 spiro atoms. The Morgan fingerprint density at radius 2 is 2.43 bits per heavy atom. The quantitative estimate of drug-likeness (QED) is 0.831. The van der Waals surface area contributed by atoms with Gasteiger partial charge in [-0.05, 0) is 30.0 Å². The highest BCUT2D eigenvalue weighted by atomic mass is 32.1. The maximum atomic E-state index is 5.56. The van der Waals surface area contributed by atoms with E-state index in [-0.39, 0.29) is 0 Å². The second kappa shape index (κ2) is 3.94. The number of thiophene rings is 1. The number of aromatic nitrogens is 2. The van der Waals surface area contributed by atoms with Crippen LogP contribution in [0.15, 0.2) is 23.8 Å². The van der Waals surface area contributed by atoms with Gasteiger partial charge in [-0.3, -0.25) is 4.68 Å². The van der Waals surface area contributed by atoms with Gasteiger partial charge in [0.25, 0.3) is 0 Å². The van der Waals surface area contributed by atoms with E-state index in [1.165, 1.54) is 16.0 Å². The van der Waals surface area contributed by atoms with E-state index in [9.17, 15) is 0 Å². The van der Waals surface area contributed by atoms with Gasteiger partial charge in [-0.1, -0.05) is 0 Å². The average molecular weight is 207 g/mol. The number of aryl methyl sites for hydroxylation is 1. The lowest BCUT2D eigenvalue weighted by atomic mass is 10.1. The molecule has 0 aliphatic carbocycles. The van der Waals surface area contributed by atoms with Gasteiger partial charge in [0.1, 0.15) is 0 Å². The van der Waals surface area contributed by atoms with Crippen LogP contribution in [0.4, 0.5) is 0 Å². The minimum Gasteiger partial charge on any atom is -0.330 e. The molecule has 0 saturated carbocycles. The summed E-state index contributed by atoms with van der Waals surface area (Å²) < 4.78 is 1.82. The Balaban J connectivity index is 2.36. The molecule has 2 aromatic rings. The molecule has 0 fully saturated rings. The molecular formula is C10H13N3S. The Hall–Kier alpha value is -1.13. The van der Waals surface area contributed by atoms with Gasteiger partial charge >= 0.3 is 0 Å². The molecule has 0 bridgehead atoms. The van der Waals surface area contributed by atoms with Gasteiger partial charge in [0.2, 0.25) is 0 Å². The van der Waals surface area contributed by atoms with Gasteiger partial charge in [0.05, 0.1) is 6.20 Å². The van der Waals surface area contributed by atoms with Crippen molar-refractivity contribution in [1.29, 1.82) is 0 Å². The molecule has 0 aliphatic rings. The molecule has 2 rings (SSSR count). The summed E-state index contributed by atoms with van der Waals surface area (Å²) in [5, 5.41) is 6.27. The lowest BCUT2D eigenvalue weighted by Gasteiger charge is -1.98. The van der Waals surface area contributed by atoms with Gasteiger partial charge in [-0.2, -0.15) is 5.10 Å². The molecule has 4 heteroatoms. The van der Waals surface area contributed by atoms with E-state index >= 15 is 0 Å². The number of nitrogens with zero attached hydrogens (tertiary/aromatic N) is 2. The zero-order chi connectivity index (χ0) is 9.97. The zero-order valence-corrected chi connectivity index (χ0v) is 8.92. The summed E-state index contributed by atoms with van der Waals surface area (Å²) in [6, 6.07) is 2.14. The molecule has 74 valence electrons. The Labute approximate surface area is 87.2 Å². The normalized spacial score (nSPS) is 10.7. The number of hydrogen-bond acceptors (Lipinski definition) is 3. The lowest BCUT2D eigenvalue weighted by molar-refractivity contribution is 0.768. The Kier molecular flexibility index (Phi) is 2.65. The van der Waals surface area contributed by atoms with Crippen LogP contribution in [0.3, 0.4) is 0 Å². The zero-order valence-electron chi connectivity index (χ0n) is 8.10. The van der Waals surface area contributed by atoms with Crippen molar-refractivity contribution in [2.24, 2.45) is 12.8 Å². The van der Waals surface area contributed by atoms with E-state index in [1.807, 2.05) is 24.1 Å². The molecular weight excluding hydrogens is 194 g/mol. The molecule has 0 aromatic carbocycles. The van der Waals surface area contributed by atoms with Crippen LogP contribution in [-0.4, -0.2) is 16.3 Å². The summed E-state index contributed by atoms with van der Waals surface area (Å²) in [6.45, 7) is 0.698. The van der Waals surface area contributed by atoms with Crippen LogP contribution >= 0.6 is 11.3 Å². The third kappa shape index (κ3) is 1.71. The Morgan fingerprint density at radius 3 is 3.07 bits per heavy atom. The van der Waals surface area contributed by atoms with Crippen LogP contribution in [0.25, 0.3) is 10.4 Å². The van der Waals surface area contributed by atoms with Gasteiger partial charge in [0, 0.05) is 23.7 Å². The topological polar surface area (TPSA) is 43.8 Å². The third-order valence-electron chi connectivity index (χ3n) is 2.13. The smallest absolute Gasteiger partial charge is 0.0576 e. The van der Waals surface area contributed by atoms with E-state index in [2.05, 4.69) is 16.5 Å². The second-order valence-electron chi connectivity index (χ2n) is 3.22. The molecule has 0 amide bonds. The van der Waals surface area contributed by atoms with E-state index in [1.54, 1.807) is 11.3 Å². The minimum absolute atomic E-state index is 0.698. The monoisotopic (exact) mass is 207 g/mol. The molecule has 0 atom stereocenters. The van der Waals surface area contributed by atoms with Gasteiger partial charge in [0.15, 0.2) is 0 Å². The maximum absolute atomic E-state index is 5.56. The van der Waals surface area contributed by atoms with E-state index < -0.39 is 0 Å². The molecule has 0 unspecified atom stereocenters. The summed E-state index contributed by atoms with van der Waals surface area (Å²) in [4.78, 5) is 1.29.